The number of aromatic carboxylic acids is 1. The molecule has 0 atom stereocenters. The van der Waals surface area contributed by atoms with Crippen LogP contribution in [0.4, 0.5) is 0 Å². The van der Waals surface area contributed by atoms with Crippen LogP contribution in [0, 0.1) is 0 Å². The number of carboxylic acid groups (broad SMARTS) is 1. The van der Waals surface area contributed by atoms with Crippen molar-refractivity contribution >= 4 is 11.8 Å². The summed E-state index contributed by atoms with van der Waals surface area (Å²) in [6.45, 7) is 1.49. The summed E-state index contributed by atoms with van der Waals surface area (Å²) in [6.07, 6.45) is 0.341. The van der Waals surface area contributed by atoms with Gasteiger partial charge in [-0.3, -0.25) is 4.79 Å². The van der Waals surface area contributed by atoms with E-state index in [-0.39, 0.29) is 40.9 Å². The molecule has 0 aliphatic rings. The second-order valence-electron chi connectivity index (χ2n) is 2.86. The number of hydrogen-bond donors (Lipinski definition) is 0. The first-order chi connectivity index (χ1) is 6.09. The van der Waals surface area contributed by atoms with Crippen LogP contribution in [0.15, 0.2) is 24.3 Å². The van der Waals surface area contributed by atoms with Gasteiger partial charge in [0, 0.05) is 6.42 Å². The fourth-order valence-corrected chi connectivity index (χ4v) is 1.05. The fourth-order valence-electron chi connectivity index (χ4n) is 1.05. The molecule has 0 bridgehead atoms. The van der Waals surface area contributed by atoms with E-state index < -0.39 is 5.97 Å². The van der Waals surface area contributed by atoms with Crippen molar-refractivity contribution in [3.05, 3.63) is 35.4 Å². The Morgan fingerprint density at radius 3 is 2.07 bits per heavy atom. The van der Waals surface area contributed by atoms with E-state index in [0.29, 0.717) is 6.42 Å². The van der Waals surface area contributed by atoms with Gasteiger partial charge in [-0.25, -0.2) is 0 Å². The Balaban J connectivity index is 0.00000169. The third-order valence-corrected chi connectivity index (χ3v) is 1.64. The summed E-state index contributed by atoms with van der Waals surface area (Å²) >= 11 is 0. The zero-order valence-electron chi connectivity index (χ0n) is 8.24. The van der Waals surface area contributed by atoms with E-state index in [1.54, 1.807) is 12.1 Å². The van der Waals surface area contributed by atoms with Crippen molar-refractivity contribution in [2.45, 2.75) is 13.3 Å². The summed E-state index contributed by atoms with van der Waals surface area (Å²) in [5.74, 6) is -1.14. The fraction of sp³-hybridized carbons (Fsp3) is 0.200. The molecular weight excluding hydrogens is 191 g/mol. The van der Waals surface area contributed by atoms with E-state index in [4.69, 9.17) is 0 Å². The average molecular weight is 200 g/mol. The van der Waals surface area contributed by atoms with Crippen molar-refractivity contribution in [3.8, 4) is 0 Å². The monoisotopic (exact) mass is 200 g/mol. The Kier molecular flexibility index (Phi) is 5.69. The Bertz CT molecular complexity index is 330. The largest absolute Gasteiger partial charge is 1.00 e. The molecular formula is C10H9NaO3. The molecule has 0 unspecified atom stereocenters. The molecule has 3 nitrogen and oxygen atoms in total. The molecule has 0 spiro atoms. The van der Waals surface area contributed by atoms with Gasteiger partial charge in [0.2, 0.25) is 0 Å². The predicted molar refractivity (Wildman–Crippen MR) is 45.2 cm³/mol. The molecule has 0 saturated heterocycles. The zero-order valence-corrected chi connectivity index (χ0v) is 10.2. The molecule has 0 aliphatic heterocycles. The van der Waals surface area contributed by atoms with Gasteiger partial charge in [0.05, 0.1) is 5.97 Å². The minimum absolute atomic E-state index is 0. The topological polar surface area (TPSA) is 57.2 Å². The number of benzene rings is 1. The third kappa shape index (κ3) is 4.05. The third-order valence-electron chi connectivity index (χ3n) is 1.64. The summed E-state index contributed by atoms with van der Waals surface area (Å²) in [6, 6.07) is 6.11. The summed E-state index contributed by atoms with van der Waals surface area (Å²) < 4.78 is 0. The van der Waals surface area contributed by atoms with Gasteiger partial charge in [0.15, 0.2) is 0 Å². The van der Waals surface area contributed by atoms with Crippen LogP contribution in [0.1, 0.15) is 22.8 Å². The standard InChI is InChI=1S/C10H10O3.Na/c1-7(11)6-8-2-4-9(5-3-8)10(12)13;/h2-5H,6H2,1H3,(H,12,13);/q;+1/p-1. The first kappa shape index (κ1) is 13.4. The molecule has 0 fully saturated rings. The first-order valence-corrected chi connectivity index (χ1v) is 3.89. The summed E-state index contributed by atoms with van der Waals surface area (Å²) in [5, 5.41) is 10.4. The average Bonchev–Trinajstić information content (AvgIpc) is 2.04. The molecule has 14 heavy (non-hydrogen) atoms. The van der Waals surface area contributed by atoms with E-state index in [9.17, 15) is 14.7 Å². The maximum atomic E-state index is 10.7. The normalized spacial score (nSPS) is 8.93. The predicted octanol–water partition coefficient (Wildman–Crippen LogP) is -2.81. The number of carboxylic acids is 1. The van der Waals surface area contributed by atoms with Crippen molar-refractivity contribution < 1.29 is 44.3 Å². The SMILES string of the molecule is CC(=O)Cc1ccc(C(=O)[O-])cc1.[Na+]. The number of Topliss-reactive ketones (excluding diaryl/α,β-unsaturated/α-hetero) is 1. The molecule has 0 aliphatic carbocycles. The number of carbonyl (C=O) groups is 2. The van der Waals surface area contributed by atoms with Crippen LogP contribution in [0.2, 0.25) is 0 Å². The molecule has 1 rings (SSSR count). The molecule has 0 radical (unpaired) electrons. The molecule has 0 amide bonds. The number of ketones is 1. The second-order valence-corrected chi connectivity index (χ2v) is 2.86. The molecule has 0 heterocycles. The molecule has 0 saturated carbocycles. The van der Waals surface area contributed by atoms with Crippen molar-refractivity contribution in [2.24, 2.45) is 0 Å². The zero-order chi connectivity index (χ0) is 9.84. The minimum atomic E-state index is -1.20. The Morgan fingerprint density at radius 2 is 1.71 bits per heavy atom. The van der Waals surface area contributed by atoms with Crippen LogP contribution in [-0.4, -0.2) is 11.8 Å². The number of hydrogen-bond acceptors (Lipinski definition) is 3. The van der Waals surface area contributed by atoms with Gasteiger partial charge in [0.25, 0.3) is 0 Å². The first-order valence-electron chi connectivity index (χ1n) is 3.89. The van der Waals surface area contributed by atoms with E-state index in [2.05, 4.69) is 0 Å². The molecule has 0 aromatic heterocycles. The van der Waals surface area contributed by atoms with Crippen molar-refractivity contribution in [1.29, 1.82) is 0 Å². The molecule has 4 heteroatoms. The minimum Gasteiger partial charge on any atom is -0.545 e. The summed E-state index contributed by atoms with van der Waals surface area (Å²) in [7, 11) is 0. The van der Waals surface area contributed by atoms with Crippen molar-refractivity contribution in [1.82, 2.24) is 0 Å². The van der Waals surface area contributed by atoms with Crippen LogP contribution in [0.3, 0.4) is 0 Å². The van der Waals surface area contributed by atoms with Gasteiger partial charge in [-0.15, -0.1) is 0 Å². The van der Waals surface area contributed by atoms with Crippen LogP contribution < -0.4 is 34.7 Å². The Morgan fingerprint density at radius 1 is 1.21 bits per heavy atom. The molecule has 68 valence electrons. The van der Waals surface area contributed by atoms with E-state index in [0.717, 1.165) is 5.56 Å². The maximum absolute atomic E-state index is 10.7. The summed E-state index contributed by atoms with van der Waals surface area (Å²) in [4.78, 5) is 21.1. The number of rotatable bonds is 3. The van der Waals surface area contributed by atoms with Gasteiger partial charge in [-0.2, -0.15) is 0 Å². The van der Waals surface area contributed by atoms with Crippen molar-refractivity contribution in [3.63, 3.8) is 0 Å². The number of carbonyl (C=O) groups excluding carboxylic acids is 2. The van der Waals surface area contributed by atoms with Crippen molar-refractivity contribution in [2.75, 3.05) is 0 Å². The second kappa shape index (κ2) is 5.96. The molecule has 1 aromatic carbocycles. The van der Waals surface area contributed by atoms with E-state index in [1.165, 1.54) is 19.1 Å². The molecule has 1 aromatic rings. The Hall–Kier alpha value is -0.640. The van der Waals surface area contributed by atoms with Gasteiger partial charge >= 0.3 is 29.6 Å². The molecule has 0 N–H and O–H groups in total. The quantitative estimate of drug-likeness (QED) is 0.495. The maximum Gasteiger partial charge on any atom is 1.00 e. The van der Waals surface area contributed by atoms with Gasteiger partial charge < -0.3 is 9.90 Å². The van der Waals surface area contributed by atoms with E-state index >= 15 is 0 Å². The van der Waals surface area contributed by atoms with E-state index in [1.807, 2.05) is 0 Å². The van der Waals surface area contributed by atoms with Crippen LogP contribution in [0.5, 0.6) is 0 Å². The van der Waals surface area contributed by atoms with Crippen LogP contribution in [-0.2, 0) is 11.2 Å². The van der Waals surface area contributed by atoms with Gasteiger partial charge in [-0.1, -0.05) is 24.3 Å². The van der Waals surface area contributed by atoms with Crippen LogP contribution >= 0.6 is 0 Å². The Labute approximate surface area is 104 Å². The van der Waals surface area contributed by atoms with Gasteiger partial charge in [0.1, 0.15) is 5.78 Å². The summed E-state index contributed by atoms with van der Waals surface area (Å²) in [5.41, 5.74) is 0.949. The van der Waals surface area contributed by atoms with Crippen LogP contribution in [0.25, 0.3) is 0 Å². The smallest absolute Gasteiger partial charge is 0.545 e. The van der Waals surface area contributed by atoms with Gasteiger partial charge in [-0.05, 0) is 18.1 Å².